The Balaban J connectivity index is 1.67. The molecule has 1 unspecified atom stereocenters. The van der Waals surface area contributed by atoms with Crippen molar-refractivity contribution in [3.05, 3.63) is 82.6 Å². The lowest BCUT2D eigenvalue weighted by Crippen LogP contribution is -2.48. The number of amides is 2. The molecule has 3 aromatic rings. The predicted octanol–water partition coefficient (Wildman–Crippen LogP) is 4.29. The van der Waals surface area contributed by atoms with Crippen LogP contribution < -0.4 is 10.7 Å². The Bertz CT molecular complexity index is 1220. The van der Waals surface area contributed by atoms with E-state index in [0.717, 1.165) is 0 Å². The number of hydrogen-bond acceptors (Lipinski definition) is 6. The van der Waals surface area contributed by atoms with Gasteiger partial charge in [0.15, 0.2) is 0 Å². The number of furan rings is 1. The van der Waals surface area contributed by atoms with Crippen molar-refractivity contribution in [3.8, 4) is 11.3 Å². The van der Waals surface area contributed by atoms with Gasteiger partial charge in [-0.2, -0.15) is 5.10 Å². The van der Waals surface area contributed by atoms with Crippen molar-refractivity contribution in [1.29, 1.82) is 0 Å². The van der Waals surface area contributed by atoms with E-state index in [9.17, 15) is 14.4 Å². The molecule has 9 heteroatoms. The first-order valence-electron chi connectivity index (χ1n) is 10.5. The van der Waals surface area contributed by atoms with Crippen molar-refractivity contribution < 1.29 is 23.5 Å². The molecule has 0 aliphatic heterocycles. The summed E-state index contributed by atoms with van der Waals surface area (Å²) in [6.07, 6.45) is 1.33. The van der Waals surface area contributed by atoms with Crippen LogP contribution in [0.5, 0.6) is 0 Å². The SMILES string of the molecule is COC(=O)c1ccccc1-c1ccc(C=NNC(=O)C(NC(=O)c2cccc(Cl)c2)C(C)C)o1. The Hall–Kier alpha value is -3.91. The number of hydrazone groups is 1. The molecule has 2 aromatic carbocycles. The summed E-state index contributed by atoms with van der Waals surface area (Å²) in [6.45, 7) is 3.62. The van der Waals surface area contributed by atoms with Gasteiger partial charge >= 0.3 is 5.97 Å². The van der Waals surface area contributed by atoms with E-state index in [1.54, 1.807) is 54.6 Å². The lowest BCUT2D eigenvalue weighted by Gasteiger charge is -2.20. The fraction of sp³-hybridized carbons (Fsp3) is 0.200. The number of methoxy groups -OCH3 is 1. The fourth-order valence-corrected chi connectivity index (χ4v) is 3.36. The lowest BCUT2D eigenvalue weighted by molar-refractivity contribution is -0.123. The second-order valence-electron chi connectivity index (χ2n) is 7.68. The Morgan fingerprint density at radius 2 is 1.82 bits per heavy atom. The third-order valence-corrected chi connectivity index (χ3v) is 5.15. The minimum absolute atomic E-state index is 0.191. The number of benzene rings is 2. The lowest BCUT2D eigenvalue weighted by atomic mass is 10.0. The molecule has 0 aliphatic rings. The highest BCUT2D eigenvalue weighted by Crippen LogP contribution is 2.26. The second-order valence-corrected chi connectivity index (χ2v) is 8.12. The zero-order valence-electron chi connectivity index (χ0n) is 18.9. The van der Waals surface area contributed by atoms with Crippen molar-refractivity contribution in [2.45, 2.75) is 19.9 Å². The van der Waals surface area contributed by atoms with Crippen LogP contribution in [0, 0.1) is 5.92 Å². The standard InChI is InChI=1S/C25H24ClN3O5/c1-15(2)22(28-23(30)16-7-6-8-17(26)13-16)24(31)29-27-14-18-11-12-21(34-18)19-9-4-5-10-20(19)25(32)33-3/h4-15,22H,1-3H3,(H,28,30)(H,29,31). The summed E-state index contributed by atoms with van der Waals surface area (Å²) in [7, 11) is 1.31. The number of carbonyl (C=O) groups is 3. The van der Waals surface area contributed by atoms with Gasteiger partial charge in [-0.15, -0.1) is 0 Å². The number of ether oxygens (including phenoxy) is 1. The van der Waals surface area contributed by atoms with Gasteiger partial charge in [-0.25, -0.2) is 10.2 Å². The Morgan fingerprint density at radius 1 is 1.06 bits per heavy atom. The fourth-order valence-electron chi connectivity index (χ4n) is 3.17. The van der Waals surface area contributed by atoms with Gasteiger partial charge < -0.3 is 14.5 Å². The molecule has 0 fully saturated rings. The number of carbonyl (C=O) groups excluding carboxylic acids is 3. The number of nitrogens with one attached hydrogen (secondary N) is 2. The van der Waals surface area contributed by atoms with Crippen molar-refractivity contribution in [1.82, 2.24) is 10.7 Å². The zero-order chi connectivity index (χ0) is 24.7. The molecule has 1 atom stereocenters. The molecule has 0 aliphatic carbocycles. The average Bonchev–Trinajstić information content (AvgIpc) is 3.30. The van der Waals surface area contributed by atoms with E-state index in [-0.39, 0.29) is 5.92 Å². The summed E-state index contributed by atoms with van der Waals surface area (Å²) < 4.78 is 10.5. The maximum atomic E-state index is 12.6. The molecule has 3 rings (SSSR count). The van der Waals surface area contributed by atoms with Crippen LogP contribution in [0.2, 0.25) is 5.02 Å². The maximum absolute atomic E-state index is 12.6. The summed E-state index contributed by atoms with van der Waals surface area (Å²) in [5, 5.41) is 7.07. The monoisotopic (exact) mass is 481 g/mol. The molecule has 8 nitrogen and oxygen atoms in total. The van der Waals surface area contributed by atoms with Crippen LogP contribution in [0.1, 0.15) is 40.3 Å². The summed E-state index contributed by atoms with van der Waals surface area (Å²) in [5.74, 6) is -0.760. The van der Waals surface area contributed by atoms with Crippen molar-refractivity contribution >= 4 is 35.6 Å². The molecule has 34 heavy (non-hydrogen) atoms. The van der Waals surface area contributed by atoms with E-state index in [1.165, 1.54) is 19.4 Å². The molecule has 176 valence electrons. The molecule has 2 N–H and O–H groups in total. The number of rotatable bonds is 8. The van der Waals surface area contributed by atoms with E-state index < -0.39 is 23.8 Å². The molecule has 0 saturated heterocycles. The van der Waals surface area contributed by atoms with Crippen molar-refractivity contribution in [3.63, 3.8) is 0 Å². The van der Waals surface area contributed by atoms with E-state index in [4.69, 9.17) is 20.8 Å². The maximum Gasteiger partial charge on any atom is 0.338 e. The highest BCUT2D eigenvalue weighted by molar-refractivity contribution is 6.31. The highest BCUT2D eigenvalue weighted by atomic mass is 35.5. The summed E-state index contributed by atoms with van der Waals surface area (Å²) in [6, 6.07) is 15.9. The summed E-state index contributed by atoms with van der Waals surface area (Å²) in [4.78, 5) is 37.1. The minimum Gasteiger partial charge on any atom is -0.465 e. The third-order valence-electron chi connectivity index (χ3n) is 4.91. The first-order valence-corrected chi connectivity index (χ1v) is 10.8. The van der Waals surface area contributed by atoms with Gasteiger partial charge in [-0.1, -0.05) is 49.7 Å². The molecule has 0 radical (unpaired) electrons. The number of nitrogens with zero attached hydrogens (tertiary/aromatic N) is 1. The normalized spacial score (nSPS) is 11.9. The topological polar surface area (TPSA) is 110 Å². The van der Waals surface area contributed by atoms with Gasteiger partial charge in [0.25, 0.3) is 11.8 Å². The largest absolute Gasteiger partial charge is 0.465 e. The molecule has 1 aromatic heterocycles. The molecule has 0 saturated carbocycles. The van der Waals surface area contributed by atoms with Crippen molar-refractivity contribution in [2.24, 2.45) is 11.0 Å². The van der Waals surface area contributed by atoms with Crippen LogP contribution in [0.3, 0.4) is 0 Å². The van der Waals surface area contributed by atoms with Gasteiger partial charge in [0, 0.05) is 16.1 Å². The van der Waals surface area contributed by atoms with Crippen LogP contribution in [0.25, 0.3) is 11.3 Å². The quantitative estimate of drug-likeness (QED) is 0.283. The van der Waals surface area contributed by atoms with Gasteiger partial charge in [0.1, 0.15) is 17.6 Å². The smallest absolute Gasteiger partial charge is 0.338 e. The highest BCUT2D eigenvalue weighted by Gasteiger charge is 2.24. The Kier molecular flexibility index (Phi) is 8.21. The second kappa shape index (κ2) is 11.3. The van der Waals surface area contributed by atoms with Crippen LogP contribution in [0.15, 0.2) is 70.2 Å². The van der Waals surface area contributed by atoms with Gasteiger partial charge in [0.2, 0.25) is 0 Å². The third kappa shape index (κ3) is 6.11. The van der Waals surface area contributed by atoms with E-state index in [0.29, 0.717) is 33.2 Å². The van der Waals surface area contributed by atoms with Crippen LogP contribution in [-0.4, -0.2) is 37.1 Å². The first kappa shape index (κ1) is 24.7. The average molecular weight is 482 g/mol. The molecular weight excluding hydrogens is 458 g/mol. The van der Waals surface area contributed by atoms with E-state index in [2.05, 4.69) is 15.8 Å². The van der Waals surface area contributed by atoms with E-state index >= 15 is 0 Å². The van der Waals surface area contributed by atoms with E-state index in [1.807, 2.05) is 13.8 Å². The zero-order valence-corrected chi connectivity index (χ0v) is 19.6. The van der Waals surface area contributed by atoms with Crippen LogP contribution >= 0.6 is 11.6 Å². The number of halogens is 1. The molecule has 0 spiro atoms. The summed E-state index contributed by atoms with van der Waals surface area (Å²) in [5.41, 5.74) is 3.71. The summed E-state index contributed by atoms with van der Waals surface area (Å²) >= 11 is 5.94. The molecule has 2 amide bonds. The molecule has 0 bridgehead atoms. The van der Waals surface area contributed by atoms with Gasteiger partial charge in [-0.3, -0.25) is 9.59 Å². The number of esters is 1. The van der Waals surface area contributed by atoms with Gasteiger partial charge in [0.05, 0.1) is 18.9 Å². The minimum atomic E-state index is -0.817. The first-order chi connectivity index (χ1) is 16.3. The predicted molar refractivity (Wildman–Crippen MR) is 129 cm³/mol. The van der Waals surface area contributed by atoms with Crippen LogP contribution in [-0.2, 0) is 9.53 Å². The number of hydrogen-bond donors (Lipinski definition) is 2. The van der Waals surface area contributed by atoms with Crippen LogP contribution in [0.4, 0.5) is 0 Å². The Labute approximate surface area is 201 Å². The van der Waals surface area contributed by atoms with Gasteiger partial charge in [-0.05, 0) is 42.3 Å². The van der Waals surface area contributed by atoms with Crippen molar-refractivity contribution in [2.75, 3.05) is 7.11 Å². The molecule has 1 heterocycles. The Morgan fingerprint density at radius 3 is 2.53 bits per heavy atom. The molecular formula is C25H24ClN3O5.